The molecule has 0 aromatic heterocycles. The number of hydrogen-bond donors (Lipinski definition) is 2. The molecule has 100 valence electrons. The molecule has 1 fully saturated rings. The summed E-state index contributed by atoms with van der Waals surface area (Å²) in [6, 6.07) is 4.96. The van der Waals surface area contributed by atoms with Crippen LogP contribution in [-0.2, 0) is 0 Å². The standard InChI is InChI=1S/C13H17BrFNOS/c1-9(11-3-2-10(14)6-12(11)15)16-7-13(17)4-5-18-8-13/h2-3,6,9,16-17H,4-5,7-8H2,1H3/t9-,13-/m1/s1. The van der Waals surface area contributed by atoms with Crippen molar-refractivity contribution in [2.24, 2.45) is 0 Å². The summed E-state index contributed by atoms with van der Waals surface area (Å²) in [5, 5.41) is 13.4. The van der Waals surface area contributed by atoms with Gasteiger partial charge in [-0.25, -0.2) is 4.39 Å². The van der Waals surface area contributed by atoms with E-state index in [0.717, 1.165) is 22.4 Å². The lowest BCUT2D eigenvalue weighted by Gasteiger charge is -2.25. The Balaban J connectivity index is 1.97. The van der Waals surface area contributed by atoms with E-state index in [-0.39, 0.29) is 11.9 Å². The van der Waals surface area contributed by atoms with Crippen LogP contribution in [-0.4, -0.2) is 28.8 Å². The summed E-state index contributed by atoms with van der Waals surface area (Å²) >= 11 is 5.01. The van der Waals surface area contributed by atoms with Crippen molar-refractivity contribution in [3.63, 3.8) is 0 Å². The second-order valence-electron chi connectivity index (χ2n) is 4.80. The van der Waals surface area contributed by atoms with Gasteiger partial charge < -0.3 is 10.4 Å². The first-order valence-corrected chi connectivity index (χ1v) is 7.93. The van der Waals surface area contributed by atoms with E-state index in [2.05, 4.69) is 21.2 Å². The fourth-order valence-electron chi connectivity index (χ4n) is 2.04. The first-order valence-electron chi connectivity index (χ1n) is 5.99. The number of hydrogen-bond acceptors (Lipinski definition) is 3. The van der Waals surface area contributed by atoms with Crippen LogP contribution in [0.4, 0.5) is 4.39 Å². The quantitative estimate of drug-likeness (QED) is 0.887. The lowest BCUT2D eigenvalue weighted by atomic mass is 10.0. The molecule has 1 aliphatic heterocycles. The maximum Gasteiger partial charge on any atom is 0.129 e. The lowest BCUT2D eigenvalue weighted by Crippen LogP contribution is -2.41. The van der Waals surface area contributed by atoms with E-state index in [9.17, 15) is 9.50 Å². The third-order valence-electron chi connectivity index (χ3n) is 3.25. The largest absolute Gasteiger partial charge is 0.388 e. The summed E-state index contributed by atoms with van der Waals surface area (Å²) in [4.78, 5) is 0. The normalized spacial score (nSPS) is 25.3. The Morgan fingerprint density at radius 3 is 3.00 bits per heavy atom. The fourth-order valence-corrected chi connectivity index (χ4v) is 3.67. The van der Waals surface area contributed by atoms with E-state index < -0.39 is 5.60 Å². The molecule has 2 rings (SSSR count). The number of nitrogens with one attached hydrogen (secondary N) is 1. The van der Waals surface area contributed by atoms with Crippen molar-refractivity contribution in [1.29, 1.82) is 0 Å². The number of rotatable bonds is 4. The smallest absolute Gasteiger partial charge is 0.129 e. The van der Waals surface area contributed by atoms with E-state index >= 15 is 0 Å². The first-order chi connectivity index (χ1) is 8.50. The zero-order valence-electron chi connectivity index (χ0n) is 10.2. The van der Waals surface area contributed by atoms with Gasteiger partial charge in [0.05, 0.1) is 5.60 Å². The molecule has 1 aromatic carbocycles. The summed E-state index contributed by atoms with van der Waals surface area (Å²) in [6.45, 7) is 2.43. The maximum absolute atomic E-state index is 13.8. The van der Waals surface area contributed by atoms with Crippen molar-refractivity contribution < 1.29 is 9.50 Å². The summed E-state index contributed by atoms with van der Waals surface area (Å²) in [7, 11) is 0. The van der Waals surface area contributed by atoms with Gasteiger partial charge in [-0.1, -0.05) is 22.0 Å². The van der Waals surface area contributed by atoms with Gasteiger partial charge in [0.2, 0.25) is 0 Å². The Kier molecular flexibility index (Phi) is 4.69. The van der Waals surface area contributed by atoms with Gasteiger partial charge in [0, 0.05) is 28.4 Å². The van der Waals surface area contributed by atoms with Crippen LogP contribution in [0.2, 0.25) is 0 Å². The highest BCUT2D eigenvalue weighted by atomic mass is 79.9. The molecule has 1 aliphatic rings. The minimum atomic E-state index is -0.634. The van der Waals surface area contributed by atoms with Gasteiger partial charge in [-0.15, -0.1) is 0 Å². The third-order valence-corrected chi connectivity index (χ3v) is 4.98. The molecule has 0 aliphatic carbocycles. The molecular formula is C13H17BrFNOS. The number of halogens is 2. The maximum atomic E-state index is 13.8. The predicted molar refractivity (Wildman–Crippen MR) is 77.4 cm³/mol. The van der Waals surface area contributed by atoms with Gasteiger partial charge >= 0.3 is 0 Å². The average molecular weight is 334 g/mol. The van der Waals surface area contributed by atoms with Gasteiger partial charge in [-0.2, -0.15) is 11.8 Å². The Morgan fingerprint density at radius 1 is 1.61 bits per heavy atom. The van der Waals surface area contributed by atoms with Crippen molar-refractivity contribution in [2.45, 2.75) is 25.0 Å². The van der Waals surface area contributed by atoms with Crippen LogP contribution in [0.15, 0.2) is 22.7 Å². The second kappa shape index (κ2) is 5.90. The fraction of sp³-hybridized carbons (Fsp3) is 0.538. The van der Waals surface area contributed by atoms with Crippen molar-refractivity contribution >= 4 is 27.7 Å². The van der Waals surface area contributed by atoms with Crippen LogP contribution in [0.1, 0.15) is 24.9 Å². The van der Waals surface area contributed by atoms with Gasteiger partial charge in [-0.3, -0.25) is 0 Å². The number of aliphatic hydroxyl groups is 1. The monoisotopic (exact) mass is 333 g/mol. The van der Waals surface area contributed by atoms with Crippen molar-refractivity contribution in [3.05, 3.63) is 34.1 Å². The van der Waals surface area contributed by atoms with Crippen molar-refractivity contribution in [2.75, 3.05) is 18.1 Å². The molecule has 2 N–H and O–H groups in total. The van der Waals surface area contributed by atoms with Gasteiger partial charge in [-0.05, 0) is 31.2 Å². The van der Waals surface area contributed by atoms with Crippen molar-refractivity contribution in [3.8, 4) is 0 Å². The van der Waals surface area contributed by atoms with Crippen molar-refractivity contribution in [1.82, 2.24) is 5.32 Å². The summed E-state index contributed by atoms with van der Waals surface area (Å²) < 4.78 is 14.5. The van der Waals surface area contributed by atoms with E-state index in [1.807, 2.05) is 13.0 Å². The molecule has 0 spiro atoms. The molecule has 1 heterocycles. The van der Waals surface area contributed by atoms with Crippen LogP contribution in [0, 0.1) is 5.82 Å². The zero-order chi connectivity index (χ0) is 13.2. The minimum Gasteiger partial charge on any atom is -0.388 e. The first kappa shape index (κ1) is 14.3. The molecule has 18 heavy (non-hydrogen) atoms. The SMILES string of the molecule is C[C@@H](NC[C@]1(O)CCSC1)c1ccc(Br)cc1F. The summed E-state index contributed by atoms with van der Waals surface area (Å²) in [5.74, 6) is 1.53. The molecular weight excluding hydrogens is 317 g/mol. The highest BCUT2D eigenvalue weighted by Crippen LogP contribution is 2.28. The topological polar surface area (TPSA) is 32.3 Å². The third kappa shape index (κ3) is 3.47. The Morgan fingerprint density at radius 2 is 2.39 bits per heavy atom. The van der Waals surface area contributed by atoms with Gasteiger partial charge in [0.25, 0.3) is 0 Å². The molecule has 1 aromatic rings. The molecule has 0 bridgehead atoms. The Hall–Kier alpha value is -0.100. The highest BCUT2D eigenvalue weighted by molar-refractivity contribution is 9.10. The average Bonchev–Trinajstić information content (AvgIpc) is 2.74. The molecule has 0 unspecified atom stereocenters. The molecule has 0 radical (unpaired) electrons. The van der Waals surface area contributed by atoms with Crippen LogP contribution in [0.3, 0.4) is 0 Å². The predicted octanol–water partition coefficient (Wildman–Crippen LogP) is 3.11. The molecule has 0 saturated carbocycles. The van der Waals surface area contributed by atoms with Crippen LogP contribution >= 0.6 is 27.7 Å². The summed E-state index contributed by atoms with van der Waals surface area (Å²) in [6.07, 6.45) is 0.806. The number of benzene rings is 1. The zero-order valence-corrected chi connectivity index (χ0v) is 12.7. The van der Waals surface area contributed by atoms with Crippen LogP contribution in [0.25, 0.3) is 0 Å². The van der Waals surface area contributed by atoms with E-state index in [4.69, 9.17) is 0 Å². The Labute approximate surface area is 119 Å². The van der Waals surface area contributed by atoms with E-state index in [1.165, 1.54) is 6.07 Å². The van der Waals surface area contributed by atoms with Gasteiger partial charge in [0.15, 0.2) is 0 Å². The Bertz CT molecular complexity index is 423. The molecule has 1 saturated heterocycles. The van der Waals surface area contributed by atoms with Crippen LogP contribution in [0.5, 0.6) is 0 Å². The van der Waals surface area contributed by atoms with E-state index in [0.29, 0.717) is 12.1 Å². The lowest BCUT2D eigenvalue weighted by molar-refractivity contribution is 0.0650. The molecule has 2 atom stereocenters. The van der Waals surface area contributed by atoms with Gasteiger partial charge in [0.1, 0.15) is 5.82 Å². The minimum absolute atomic E-state index is 0.104. The number of thioether (sulfide) groups is 1. The van der Waals surface area contributed by atoms with E-state index in [1.54, 1.807) is 17.8 Å². The molecule has 2 nitrogen and oxygen atoms in total. The molecule has 5 heteroatoms. The van der Waals surface area contributed by atoms with Crippen LogP contribution < -0.4 is 5.32 Å². The highest BCUT2D eigenvalue weighted by Gasteiger charge is 2.31. The summed E-state index contributed by atoms with van der Waals surface area (Å²) in [5.41, 5.74) is -0.00226. The molecule has 0 amide bonds. The second-order valence-corrected chi connectivity index (χ2v) is 6.82.